The second-order valence-electron chi connectivity index (χ2n) is 13.5. The van der Waals surface area contributed by atoms with Crippen LogP contribution in [0.3, 0.4) is 0 Å². The highest BCUT2D eigenvalue weighted by Gasteiger charge is 2.37. The zero-order valence-corrected chi connectivity index (χ0v) is 30.6. The Morgan fingerprint density at radius 1 is 1.00 bits per heavy atom. The van der Waals surface area contributed by atoms with Crippen LogP contribution in [-0.2, 0) is 34.0 Å². The number of benzene rings is 4. The summed E-state index contributed by atoms with van der Waals surface area (Å²) in [5.41, 5.74) is 7.57. The van der Waals surface area contributed by atoms with Gasteiger partial charge in [0.15, 0.2) is 0 Å². The molecule has 270 valence electrons. The average molecular weight is 743 g/mol. The van der Waals surface area contributed by atoms with E-state index in [-0.39, 0.29) is 17.9 Å². The molecule has 2 aliphatic rings. The standard InChI is InChI=1S/C40H41Cl2N5O5/c1-51-37-16-26(34(41)15-27(37)21-46-23-29(48)17-36(46)40(50)52-2)22-47-35-8-4-6-31(33(35)20-44-47)32-7-3-5-30(39(32)42)25-11-9-24(10-12-25)18-43-19-28-13-14-38(49)45-28/h3-12,15-16,20,28-29,36,43,48H,13-14,17-19,21-23H2,1-2H3,(H,45,49)/t28-,29+,36-/m0/s1. The maximum atomic E-state index is 12.4. The Balaban J connectivity index is 1.09. The maximum absolute atomic E-state index is 12.4. The maximum Gasteiger partial charge on any atom is 0.323 e. The molecule has 3 atom stereocenters. The molecular formula is C40H41Cl2N5O5. The number of hydrogen-bond acceptors (Lipinski definition) is 8. The van der Waals surface area contributed by atoms with Crippen molar-refractivity contribution in [2.24, 2.45) is 0 Å². The van der Waals surface area contributed by atoms with Crippen LogP contribution in [0.1, 0.15) is 36.0 Å². The molecule has 0 saturated carbocycles. The van der Waals surface area contributed by atoms with E-state index in [1.54, 1.807) is 7.11 Å². The highest BCUT2D eigenvalue weighted by molar-refractivity contribution is 6.36. The molecule has 5 aromatic rings. The number of ether oxygens (including phenoxy) is 2. The molecule has 2 saturated heterocycles. The van der Waals surface area contributed by atoms with Gasteiger partial charge in [-0.05, 0) is 46.9 Å². The Labute approximate surface area is 312 Å². The first-order valence-electron chi connectivity index (χ1n) is 17.4. The number of β-amino-alcohol motifs (C(OH)–C–C–N with tert-alkyl or cyclic N) is 1. The van der Waals surface area contributed by atoms with Crippen LogP contribution in [0, 0.1) is 0 Å². The summed E-state index contributed by atoms with van der Waals surface area (Å²) in [6, 6.07) is 24.0. The lowest BCUT2D eigenvalue weighted by molar-refractivity contribution is -0.146. The molecule has 0 radical (unpaired) electrons. The van der Waals surface area contributed by atoms with E-state index < -0.39 is 12.1 Å². The average Bonchev–Trinajstić information content (AvgIpc) is 3.87. The summed E-state index contributed by atoms with van der Waals surface area (Å²) in [6.07, 6.45) is 3.05. The molecule has 2 fully saturated rings. The number of likely N-dealkylation sites (tertiary alicyclic amines) is 1. The number of nitrogens with one attached hydrogen (secondary N) is 2. The molecule has 7 rings (SSSR count). The largest absolute Gasteiger partial charge is 0.496 e. The summed E-state index contributed by atoms with van der Waals surface area (Å²) in [5.74, 6) is 0.388. The SMILES string of the molecule is COC(=O)[C@@H]1C[C@@H](O)CN1Cc1cc(Cl)c(Cn2ncc3c(-c4cccc(-c5ccc(CNC[C@@H]6CCC(=O)N6)cc5)c4Cl)cccc32)cc1OC. The third-order valence-electron chi connectivity index (χ3n) is 10.0. The van der Waals surface area contributed by atoms with Crippen LogP contribution in [0.25, 0.3) is 33.2 Å². The van der Waals surface area contributed by atoms with Gasteiger partial charge in [-0.25, -0.2) is 0 Å². The smallest absolute Gasteiger partial charge is 0.323 e. The van der Waals surface area contributed by atoms with Crippen LogP contribution in [0.2, 0.25) is 10.0 Å². The number of carbonyl (C=O) groups is 2. The van der Waals surface area contributed by atoms with E-state index in [4.69, 9.17) is 37.8 Å². The number of hydrogen-bond donors (Lipinski definition) is 3. The molecule has 3 heterocycles. The molecule has 0 aliphatic carbocycles. The molecule has 1 aromatic heterocycles. The number of aromatic nitrogens is 2. The van der Waals surface area contributed by atoms with Crippen LogP contribution in [0.4, 0.5) is 0 Å². The fraction of sp³-hybridized carbons (Fsp3) is 0.325. The molecule has 52 heavy (non-hydrogen) atoms. The minimum Gasteiger partial charge on any atom is -0.496 e. The summed E-state index contributed by atoms with van der Waals surface area (Å²) >= 11 is 14.0. The Kier molecular flexibility index (Phi) is 10.8. The first-order chi connectivity index (χ1) is 25.2. The molecule has 0 spiro atoms. The summed E-state index contributed by atoms with van der Waals surface area (Å²) in [4.78, 5) is 25.7. The van der Waals surface area contributed by atoms with E-state index >= 15 is 0 Å². The van der Waals surface area contributed by atoms with Crippen LogP contribution < -0.4 is 15.4 Å². The highest BCUT2D eigenvalue weighted by atomic mass is 35.5. The minimum atomic E-state index is -0.612. The van der Waals surface area contributed by atoms with Gasteiger partial charge >= 0.3 is 5.97 Å². The third-order valence-corrected chi connectivity index (χ3v) is 10.8. The van der Waals surface area contributed by atoms with Gasteiger partial charge in [0.05, 0.1) is 43.6 Å². The first kappa shape index (κ1) is 35.9. The molecule has 1 amide bonds. The van der Waals surface area contributed by atoms with Crippen molar-refractivity contribution >= 4 is 46.0 Å². The number of esters is 1. The number of halogens is 2. The molecule has 4 aromatic carbocycles. The van der Waals surface area contributed by atoms with Gasteiger partial charge in [-0.1, -0.05) is 77.8 Å². The number of methoxy groups -OCH3 is 2. The Morgan fingerprint density at radius 3 is 2.52 bits per heavy atom. The third kappa shape index (κ3) is 7.53. The van der Waals surface area contributed by atoms with Gasteiger partial charge in [-0.15, -0.1) is 0 Å². The number of aliphatic hydroxyl groups excluding tert-OH is 1. The van der Waals surface area contributed by atoms with Crippen LogP contribution >= 0.6 is 23.2 Å². The number of aliphatic hydroxyl groups is 1. The van der Waals surface area contributed by atoms with Gasteiger partial charge in [0, 0.05) is 72.2 Å². The predicted octanol–water partition coefficient (Wildman–Crippen LogP) is 6.21. The molecule has 0 unspecified atom stereocenters. The van der Waals surface area contributed by atoms with E-state index in [1.807, 2.05) is 58.2 Å². The molecule has 2 aliphatic heterocycles. The topological polar surface area (TPSA) is 118 Å². The number of amides is 1. The number of rotatable bonds is 12. The zero-order chi connectivity index (χ0) is 36.4. The normalized spacial score (nSPS) is 18.9. The second-order valence-corrected chi connectivity index (χ2v) is 14.2. The summed E-state index contributed by atoms with van der Waals surface area (Å²) in [7, 11) is 2.96. The lowest BCUT2D eigenvalue weighted by atomic mass is 9.96. The zero-order valence-electron chi connectivity index (χ0n) is 29.1. The molecule has 3 N–H and O–H groups in total. The van der Waals surface area contributed by atoms with Crippen molar-refractivity contribution < 1.29 is 24.2 Å². The van der Waals surface area contributed by atoms with E-state index in [0.717, 1.165) is 69.4 Å². The molecular weight excluding hydrogens is 701 g/mol. The van der Waals surface area contributed by atoms with Crippen LogP contribution in [-0.4, -0.2) is 77.2 Å². The number of carbonyl (C=O) groups excluding carboxylic acids is 2. The van der Waals surface area contributed by atoms with E-state index in [2.05, 4.69) is 41.0 Å². The van der Waals surface area contributed by atoms with Crippen LogP contribution in [0.5, 0.6) is 5.75 Å². The van der Waals surface area contributed by atoms with Crippen molar-refractivity contribution in [3.05, 3.63) is 106 Å². The van der Waals surface area contributed by atoms with Gasteiger partial charge in [0.25, 0.3) is 0 Å². The molecule has 0 bridgehead atoms. The quantitative estimate of drug-likeness (QED) is 0.129. The Bertz CT molecular complexity index is 2100. The van der Waals surface area contributed by atoms with Gasteiger partial charge in [0.1, 0.15) is 11.8 Å². The van der Waals surface area contributed by atoms with Gasteiger partial charge in [-0.3, -0.25) is 19.2 Å². The summed E-state index contributed by atoms with van der Waals surface area (Å²) < 4.78 is 12.6. The fourth-order valence-corrected chi connectivity index (χ4v) is 7.92. The van der Waals surface area contributed by atoms with Crippen molar-refractivity contribution in [3.63, 3.8) is 0 Å². The Morgan fingerprint density at radius 2 is 1.77 bits per heavy atom. The van der Waals surface area contributed by atoms with Crippen molar-refractivity contribution in [3.8, 4) is 28.0 Å². The predicted molar refractivity (Wildman–Crippen MR) is 202 cm³/mol. The van der Waals surface area contributed by atoms with Crippen molar-refractivity contribution in [1.82, 2.24) is 25.3 Å². The van der Waals surface area contributed by atoms with E-state index in [1.165, 1.54) is 7.11 Å². The molecule has 10 nitrogen and oxygen atoms in total. The lowest BCUT2D eigenvalue weighted by Crippen LogP contribution is -2.36. The Hall–Kier alpha value is -4.45. The van der Waals surface area contributed by atoms with Crippen molar-refractivity contribution in [2.75, 3.05) is 27.3 Å². The number of nitrogens with zero attached hydrogens (tertiary/aromatic N) is 3. The highest BCUT2D eigenvalue weighted by Crippen LogP contribution is 2.40. The van der Waals surface area contributed by atoms with Crippen molar-refractivity contribution in [1.29, 1.82) is 0 Å². The van der Waals surface area contributed by atoms with Crippen molar-refractivity contribution in [2.45, 2.75) is 57.1 Å². The molecule has 12 heteroatoms. The summed E-state index contributed by atoms with van der Waals surface area (Å²) in [5, 5.41) is 23.6. The van der Waals surface area contributed by atoms with Crippen LogP contribution in [0.15, 0.2) is 79.0 Å². The van der Waals surface area contributed by atoms with Gasteiger partial charge in [-0.2, -0.15) is 5.10 Å². The summed E-state index contributed by atoms with van der Waals surface area (Å²) in [6.45, 7) is 2.60. The van der Waals surface area contributed by atoms with E-state index in [0.29, 0.717) is 48.3 Å². The van der Waals surface area contributed by atoms with E-state index in [9.17, 15) is 14.7 Å². The van der Waals surface area contributed by atoms with Gasteiger partial charge < -0.3 is 25.2 Å². The monoisotopic (exact) mass is 741 g/mol. The van der Waals surface area contributed by atoms with Gasteiger partial charge in [0.2, 0.25) is 5.91 Å². The number of fused-ring (bicyclic) bond motifs is 1. The second kappa shape index (κ2) is 15.7. The minimum absolute atomic E-state index is 0.128. The first-order valence-corrected chi connectivity index (χ1v) is 18.2. The lowest BCUT2D eigenvalue weighted by Gasteiger charge is -2.23. The fourth-order valence-electron chi connectivity index (χ4n) is 7.34.